The van der Waals surface area contributed by atoms with Crippen LogP contribution in [0.5, 0.6) is 5.75 Å². The van der Waals surface area contributed by atoms with Gasteiger partial charge in [0.1, 0.15) is 5.75 Å². The Morgan fingerprint density at radius 3 is 2.26 bits per heavy atom. The van der Waals surface area contributed by atoms with E-state index in [4.69, 9.17) is 0 Å². The van der Waals surface area contributed by atoms with Gasteiger partial charge in [-0.3, -0.25) is 9.59 Å². The molecule has 0 aromatic heterocycles. The molecule has 0 spiro atoms. The third-order valence-corrected chi connectivity index (χ3v) is 2.19. The molecular formula is C11H7F5O3. The number of rotatable bonds is 4. The minimum Gasteiger partial charge on any atom is -0.434 e. The Balaban J connectivity index is 3.56. The van der Waals surface area contributed by atoms with E-state index >= 15 is 0 Å². The standard InChI is InChI=1S/C11H7F5O3/c1-5(18)6-2-8(11(14,15)16)7(4-17)9(3-6)19-10(12)13/h2-4,10H,1H3. The highest BCUT2D eigenvalue weighted by atomic mass is 19.4. The van der Waals surface area contributed by atoms with E-state index in [-0.39, 0.29) is 6.29 Å². The van der Waals surface area contributed by atoms with Gasteiger partial charge in [0, 0.05) is 5.56 Å². The summed E-state index contributed by atoms with van der Waals surface area (Å²) in [6, 6.07) is 1.10. The number of Topliss-reactive ketones (excluding diaryl/α,β-unsaturated/α-hetero) is 1. The molecular weight excluding hydrogens is 275 g/mol. The average molecular weight is 282 g/mol. The maximum absolute atomic E-state index is 12.7. The predicted molar refractivity (Wildman–Crippen MR) is 53.5 cm³/mol. The van der Waals surface area contributed by atoms with Gasteiger partial charge in [0.15, 0.2) is 12.1 Å². The molecule has 0 aliphatic rings. The summed E-state index contributed by atoms with van der Waals surface area (Å²) in [4.78, 5) is 21.7. The summed E-state index contributed by atoms with van der Waals surface area (Å²) in [5, 5.41) is 0. The lowest BCUT2D eigenvalue weighted by Crippen LogP contribution is -2.14. The molecule has 0 N–H and O–H groups in total. The monoisotopic (exact) mass is 282 g/mol. The number of benzene rings is 1. The lowest BCUT2D eigenvalue weighted by atomic mass is 10.0. The smallest absolute Gasteiger partial charge is 0.417 e. The fourth-order valence-corrected chi connectivity index (χ4v) is 1.38. The number of hydrogen-bond donors (Lipinski definition) is 0. The van der Waals surface area contributed by atoms with E-state index in [2.05, 4.69) is 4.74 Å². The third kappa shape index (κ3) is 3.49. The van der Waals surface area contributed by atoms with Crippen LogP contribution < -0.4 is 4.74 Å². The van der Waals surface area contributed by atoms with Crippen molar-refractivity contribution in [2.75, 3.05) is 0 Å². The molecule has 0 bridgehead atoms. The number of hydrogen-bond acceptors (Lipinski definition) is 3. The van der Waals surface area contributed by atoms with Crippen molar-refractivity contribution in [1.82, 2.24) is 0 Å². The lowest BCUT2D eigenvalue weighted by molar-refractivity contribution is -0.138. The topological polar surface area (TPSA) is 43.4 Å². The van der Waals surface area contributed by atoms with Gasteiger partial charge in [-0.25, -0.2) is 0 Å². The molecule has 0 saturated heterocycles. The summed E-state index contributed by atoms with van der Waals surface area (Å²) in [7, 11) is 0. The number of aldehydes is 1. The van der Waals surface area contributed by atoms with E-state index in [0.717, 1.165) is 6.92 Å². The van der Waals surface area contributed by atoms with E-state index in [1.807, 2.05) is 0 Å². The van der Waals surface area contributed by atoms with Crippen LogP contribution in [-0.4, -0.2) is 18.7 Å². The third-order valence-electron chi connectivity index (χ3n) is 2.19. The highest BCUT2D eigenvalue weighted by Gasteiger charge is 2.36. The molecule has 3 nitrogen and oxygen atoms in total. The fraction of sp³-hybridized carbons (Fsp3) is 0.273. The number of carbonyl (C=O) groups is 2. The Bertz CT molecular complexity index is 508. The van der Waals surface area contributed by atoms with Crippen LogP contribution in [0, 0.1) is 0 Å². The second-order valence-corrected chi connectivity index (χ2v) is 3.49. The Morgan fingerprint density at radius 1 is 1.32 bits per heavy atom. The summed E-state index contributed by atoms with van der Waals surface area (Å²) >= 11 is 0. The first kappa shape index (κ1) is 15.1. The molecule has 19 heavy (non-hydrogen) atoms. The van der Waals surface area contributed by atoms with E-state index in [1.54, 1.807) is 0 Å². The van der Waals surface area contributed by atoms with E-state index in [0.29, 0.717) is 12.1 Å². The first-order chi connectivity index (χ1) is 8.66. The summed E-state index contributed by atoms with van der Waals surface area (Å²) in [6.45, 7) is -2.45. The van der Waals surface area contributed by atoms with Crippen LogP contribution in [0.2, 0.25) is 0 Å². The van der Waals surface area contributed by atoms with E-state index in [9.17, 15) is 31.5 Å². The molecule has 0 fully saturated rings. The van der Waals surface area contributed by atoms with Gasteiger partial charge in [0.05, 0.1) is 11.1 Å². The van der Waals surface area contributed by atoms with Gasteiger partial charge in [0.25, 0.3) is 0 Å². The number of halogens is 5. The van der Waals surface area contributed by atoms with Gasteiger partial charge < -0.3 is 4.74 Å². The normalized spacial score (nSPS) is 11.5. The molecule has 0 aliphatic carbocycles. The van der Waals surface area contributed by atoms with Crippen molar-refractivity contribution >= 4 is 12.1 Å². The van der Waals surface area contributed by atoms with Gasteiger partial charge in [0.2, 0.25) is 0 Å². The molecule has 1 rings (SSSR count). The minimum absolute atomic E-state index is 0.246. The Kier molecular flexibility index (Phi) is 4.23. The van der Waals surface area contributed by atoms with Crippen LogP contribution in [0.25, 0.3) is 0 Å². The predicted octanol–water partition coefficient (Wildman–Crippen LogP) is 3.32. The molecule has 0 saturated carbocycles. The Hall–Kier alpha value is -1.99. The maximum atomic E-state index is 12.7. The minimum atomic E-state index is -4.97. The zero-order valence-electron chi connectivity index (χ0n) is 9.42. The lowest BCUT2D eigenvalue weighted by Gasteiger charge is -2.15. The Labute approximate surface area is 104 Å². The number of alkyl halides is 5. The second kappa shape index (κ2) is 5.33. The van der Waals surface area contributed by atoms with Crippen LogP contribution in [0.4, 0.5) is 22.0 Å². The van der Waals surface area contributed by atoms with Crippen molar-refractivity contribution in [1.29, 1.82) is 0 Å². The van der Waals surface area contributed by atoms with Gasteiger partial charge in [-0.2, -0.15) is 22.0 Å². The summed E-state index contributed by atoms with van der Waals surface area (Å²) < 4.78 is 66.1. The highest BCUT2D eigenvalue weighted by molar-refractivity contribution is 5.96. The number of carbonyl (C=O) groups excluding carboxylic acids is 2. The largest absolute Gasteiger partial charge is 0.434 e. The van der Waals surface area contributed by atoms with Crippen molar-refractivity contribution in [3.63, 3.8) is 0 Å². The zero-order chi connectivity index (χ0) is 14.8. The van der Waals surface area contributed by atoms with Crippen molar-refractivity contribution in [3.8, 4) is 5.75 Å². The average Bonchev–Trinajstić information content (AvgIpc) is 2.25. The molecule has 0 radical (unpaired) electrons. The first-order valence-corrected chi connectivity index (χ1v) is 4.83. The summed E-state index contributed by atoms with van der Waals surface area (Å²) in [6.07, 6.45) is -5.22. The van der Waals surface area contributed by atoms with Crippen LogP contribution in [0.1, 0.15) is 33.2 Å². The summed E-state index contributed by atoms with van der Waals surface area (Å²) in [5.41, 5.74) is -3.04. The fourth-order valence-electron chi connectivity index (χ4n) is 1.38. The molecule has 0 unspecified atom stereocenters. The quantitative estimate of drug-likeness (QED) is 0.483. The van der Waals surface area contributed by atoms with Gasteiger partial charge >= 0.3 is 12.8 Å². The SMILES string of the molecule is CC(=O)c1cc(OC(F)F)c(C=O)c(C(F)(F)F)c1. The van der Waals surface area contributed by atoms with Gasteiger partial charge in [-0.15, -0.1) is 0 Å². The molecule has 0 atom stereocenters. The number of ketones is 1. The van der Waals surface area contributed by atoms with Crippen LogP contribution in [0.15, 0.2) is 12.1 Å². The molecule has 0 amide bonds. The molecule has 0 heterocycles. The second-order valence-electron chi connectivity index (χ2n) is 3.49. The van der Waals surface area contributed by atoms with Crippen molar-refractivity contribution in [2.45, 2.75) is 19.7 Å². The summed E-state index contributed by atoms with van der Waals surface area (Å²) in [5.74, 6) is -1.76. The van der Waals surface area contributed by atoms with Crippen LogP contribution in [0.3, 0.4) is 0 Å². The van der Waals surface area contributed by atoms with Crippen molar-refractivity contribution in [3.05, 3.63) is 28.8 Å². The molecule has 8 heteroatoms. The molecule has 1 aromatic rings. The van der Waals surface area contributed by atoms with Crippen LogP contribution >= 0.6 is 0 Å². The van der Waals surface area contributed by atoms with E-state index < -0.39 is 41.0 Å². The van der Waals surface area contributed by atoms with Gasteiger partial charge in [-0.05, 0) is 19.1 Å². The van der Waals surface area contributed by atoms with Gasteiger partial charge in [-0.1, -0.05) is 0 Å². The molecule has 1 aromatic carbocycles. The molecule has 104 valence electrons. The molecule has 0 aliphatic heterocycles. The zero-order valence-corrected chi connectivity index (χ0v) is 9.42. The van der Waals surface area contributed by atoms with Crippen LogP contribution in [-0.2, 0) is 6.18 Å². The van der Waals surface area contributed by atoms with Crippen molar-refractivity contribution < 1.29 is 36.3 Å². The maximum Gasteiger partial charge on any atom is 0.417 e. The van der Waals surface area contributed by atoms with E-state index in [1.165, 1.54) is 0 Å². The Morgan fingerprint density at radius 2 is 1.89 bits per heavy atom. The van der Waals surface area contributed by atoms with Crippen molar-refractivity contribution in [2.24, 2.45) is 0 Å². The highest BCUT2D eigenvalue weighted by Crippen LogP contribution is 2.36. The first-order valence-electron chi connectivity index (χ1n) is 4.83. The number of ether oxygens (including phenoxy) is 1.